The van der Waals surface area contributed by atoms with E-state index in [1.54, 1.807) is 24.3 Å². The number of anilines is 1. The average molecular weight is 443 g/mol. The van der Waals surface area contributed by atoms with Crippen molar-refractivity contribution < 1.29 is 8.42 Å². The molecule has 0 amide bonds. The molecule has 120 valence electrons. The Morgan fingerprint density at radius 3 is 2.32 bits per heavy atom. The van der Waals surface area contributed by atoms with Crippen molar-refractivity contribution in [2.75, 3.05) is 10.8 Å². The van der Waals surface area contributed by atoms with Crippen molar-refractivity contribution in [1.82, 2.24) is 0 Å². The van der Waals surface area contributed by atoms with Gasteiger partial charge < -0.3 is 0 Å². The Morgan fingerprint density at radius 1 is 1.18 bits per heavy atom. The van der Waals surface area contributed by atoms with Gasteiger partial charge in [0.05, 0.1) is 10.2 Å². The van der Waals surface area contributed by atoms with Gasteiger partial charge >= 0.3 is 0 Å². The minimum Gasteiger partial charge on any atom is -0.266 e. The highest BCUT2D eigenvalue weighted by Crippen LogP contribution is 2.44. The summed E-state index contributed by atoms with van der Waals surface area (Å²) in [5.74, 6) is 0. The van der Waals surface area contributed by atoms with Crippen LogP contribution in [0.25, 0.3) is 0 Å². The summed E-state index contributed by atoms with van der Waals surface area (Å²) in [6, 6.07) is 8.99. The molecule has 1 aromatic carbocycles. The van der Waals surface area contributed by atoms with Crippen LogP contribution >= 0.6 is 50.5 Å². The summed E-state index contributed by atoms with van der Waals surface area (Å²) < 4.78 is 28.3. The van der Waals surface area contributed by atoms with E-state index in [1.165, 1.54) is 4.31 Å². The highest BCUT2D eigenvalue weighted by Gasteiger charge is 2.32. The molecule has 0 aliphatic rings. The number of halogens is 3. The number of para-hydroxylation sites is 1. The quantitative estimate of drug-likeness (QED) is 0.565. The first-order chi connectivity index (χ1) is 10.4. The summed E-state index contributed by atoms with van der Waals surface area (Å²) in [4.78, 5) is 0.0316. The second kappa shape index (κ2) is 7.53. The predicted octanol–water partition coefficient (Wildman–Crippen LogP) is 5.81. The minimum absolute atomic E-state index is 0.0316. The van der Waals surface area contributed by atoms with Gasteiger partial charge in [-0.15, -0.1) is 11.3 Å². The molecular weight excluding hydrogens is 429 g/mol. The van der Waals surface area contributed by atoms with E-state index in [2.05, 4.69) is 15.9 Å². The molecule has 0 aliphatic carbocycles. The number of nitrogens with zero attached hydrogens (tertiary/aromatic N) is 1. The lowest BCUT2D eigenvalue weighted by atomic mass is 10.3. The van der Waals surface area contributed by atoms with Crippen molar-refractivity contribution in [3.05, 3.63) is 43.5 Å². The van der Waals surface area contributed by atoms with Crippen LogP contribution in [0.5, 0.6) is 0 Å². The molecular formula is C14H14BrCl2NO2S2. The van der Waals surface area contributed by atoms with Crippen LogP contribution in [0.15, 0.2) is 39.7 Å². The van der Waals surface area contributed by atoms with E-state index >= 15 is 0 Å². The highest BCUT2D eigenvalue weighted by molar-refractivity contribution is 9.10. The van der Waals surface area contributed by atoms with E-state index in [1.807, 2.05) is 13.0 Å². The molecule has 1 aromatic heterocycles. The number of hydrogen-bond acceptors (Lipinski definition) is 3. The van der Waals surface area contributed by atoms with Crippen molar-refractivity contribution in [2.45, 2.75) is 24.7 Å². The van der Waals surface area contributed by atoms with Crippen molar-refractivity contribution in [3.63, 3.8) is 0 Å². The first kappa shape index (κ1) is 18.1. The Hall–Kier alpha value is -0.270. The van der Waals surface area contributed by atoms with Crippen molar-refractivity contribution in [3.8, 4) is 0 Å². The molecule has 22 heavy (non-hydrogen) atoms. The highest BCUT2D eigenvalue weighted by atomic mass is 79.9. The lowest BCUT2D eigenvalue weighted by Gasteiger charge is -2.24. The van der Waals surface area contributed by atoms with Crippen LogP contribution in [-0.2, 0) is 10.0 Å². The van der Waals surface area contributed by atoms with Gasteiger partial charge in [-0.25, -0.2) is 8.42 Å². The van der Waals surface area contributed by atoms with Gasteiger partial charge in [-0.2, -0.15) is 0 Å². The summed E-state index contributed by atoms with van der Waals surface area (Å²) in [5, 5.41) is 0. The molecule has 0 fully saturated rings. The Morgan fingerprint density at radius 2 is 1.82 bits per heavy atom. The first-order valence-corrected chi connectivity index (χ1v) is 10.4. The van der Waals surface area contributed by atoms with Crippen LogP contribution in [-0.4, -0.2) is 15.0 Å². The third-order valence-corrected chi connectivity index (χ3v) is 8.33. The molecule has 0 bridgehead atoms. The number of hydrogen-bond donors (Lipinski definition) is 0. The van der Waals surface area contributed by atoms with E-state index in [0.717, 1.165) is 24.2 Å². The van der Waals surface area contributed by atoms with Crippen molar-refractivity contribution in [2.24, 2.45) is 0 Å². The van der Waals surface area contributed by atoms with E-state index in [0.29, 0.717) is 21.0 Å². The second-order valence-corrected chi connectivity index (χ2v) is 9.38. The molecule has 0 N–H and O–H groups in total. The first-order valence-electron chi connectivity index (χ1n) is 6.60. The van der Waals surface area contributed by atoms with Crippen LogP contribution in [0.1, 0.15) is 19.8 Å². The molecule has 0 radical (unpaired) electrons. The molecule has 0 saturated heterocycles. The zero-order valence-electron chi connectivity index (χ0n) is 11.7. The maximum atomic E-state index is 13.1. The maximum Gasteiger partial charge on any atom is 0.267 e. The van der Waals surface area contributed by atoms with Gasteiger partial charge in [0, 0.05) is 6.54 Å². The van der Waals surface area contributed by atoms with Crippen LogP contribution < -0.4 is 4.31 Å². The van der Waals surface area contributed by atoms with Crippen molar-refractivity contribution >= 4 is 66.2 Å². The second-order valence-electron chi connectivity index (χ2n) is 4.56. The molecule has 8 heteroatoms. The zero-order valence-corrected chi connectivity index (χ0v) is 16.5. The van der Waals surface area contributed by atoms with Crippen LogP contribution in [0.2, 0.25) is 8.67 Å². The Labute approximate surface area is 153 Å². The number of sulfonamides is 1. The van der Waals surface area contributed by atoms with E-state index in [4.69, 9.17) is 23.2 Å². The smallest absolute Gasteiger partial charge is 0.266 e. The lowest BCUT2D eigenvalue weighted by Crippen LogP contribution is -2.32. The van der Waals surface area contributed by atoms with Gasteiger partial charge in [-0.05, 0) is 34.5 Å². The van der Waals surface area contributed by atoms with Gasteiger partial charge in [-0.1, -0.05) is 54.7 Å². The number of benzene rings is 1. The fourth-order valence-corrected chi connectivity index (χ4v) is 6.94. The maximum absolute atomic E-state index is 13.1. The number of rotatable bonds is 6. The van der Waals surface area contributed by atoms with Gasteiger partial charge in [0.2, 0.25) is 0 Å². The lowest BCUT2D eigenvalue weighted by molar-refractivity contribution is 0.588. The standard InChI is InChI=1S/C14H14BrCl2NO2S2/c1-2-3-9-18(10-7-5-4-6-8-10)22(19,20)12-11(15)13(16)21-14(12)17/h4-8H,2-3,9H2,1H3. The summed E-state index contributed by atoms with van der Waals surface area (Å²) >= 11 is 16.4. The number of unbranched alkanes of at least 4 members (excludes halogenated alkanes) is 1. The third-order valence-electron chi connectivity index (χ3n) is 3.04. The topological polar surface area (TPSA) is 37.4 Å². The normalized spacial score (nSPS) is 11.6. The molecule has 3 nitrogen and oxygen atoms in total. The van der Waals surface area contributed by atoms with E-state index < -0.39 is 10.0 Å². The minimum atomic E-state index is -3.79. The van der Waals surface area contributed by atoms with Gasteiger partial charge in [0.1, 0.15) is 13.6 Å². The third kappa shape index (κ3) is 3.62. The van der Waals surface area contributed by atoms with Crippen LogP contribution in [0.3, 0.4) is 0 Å². The molecule has 0 atom stereocenters. The SMILES string of the molecule is CCCCN(c1ccccc1)S(=O)(=O)c1c(Cl)sc(Cl)c1Br. The largest absolute Gasteiger partial charge is 0.267 e. The summed E-state index contributed by atoms with van der Waals surface area (Å²) in [6.07, 6.45) is 1.64. The molecule has 0 aliphatic heterocycles. The zero-order chi connectivity index (χ0) is 16.3. The number of thiophene rings is 1. The molecule has 2 aromatic rings. The van der Waals surface area contributed by atoms with Gasteiger partial charge in [-0.3, -0.25) is 4.31 Å². The molecule has 0 unspecified atom stereocenters. The van der Waals surface area contributed by atoms with Gasteiger partial charge in [0.25, 0.3) is 10.0 Å². The molecule has 2 rings (SSSR count). The average Bonchev–Trinajstić information content (AvgIpc) is 2.73. The van der Waals surface area contributed by atoms with E-state index in [-0.39, 0.29) is 9.23 Å². The van der Waals surface area contributed by atoms with E-state index in [9.17, 15) is 8.42 Å². The molecule has 0 spiro atoms. The molecule has 0 saturated carbocycles. The Balaban J connectivity index is 2.54. The predicted molar refractivity (Wildman–Crippen MR) is 97.9 cm³/mol. The molecule has 1 heterocycles. The fourth-order valence-electron chi connectivity index (χ4n) is 1.95. The van der Waals surface area contributed by atoms with Gasteiger partial charge in [0.15, 0.2) is 0 Å². The Kier molecular flexibility index (Phi) is 6.19. The fraction of sp³-hybridized carbons (Fsp3) is 0.286. The van der Waals surface area contributed by atoms with Crippen LogP contribution in [0, 0.1) is 0 Å². The summed E-state index contributed by atoms with van der Waals surface area (Å²) in [5.41, 5.74) is 0.612. The van der Waals surface area contributed by atoms with Crippen LogP contribution in [0.4, 0.5) is 5.69 Å². The van der Waals surface area contributed by atoms with Crippen molar-refractivity contribution in [1.29, 1.82) is 0 Å². The summed E-state index contributed by atoms with van der Waals surface area (Å²) in [7, 11) is -3.79. The summed E-state index contributed by atoms with van der Waals surface area (Å²) in [6.45, 7) is 2.40. The Bertz CT molecular complexity index is 748. The monoisotopic (exact) mass is 441 g/mol.